The zero-order valence-corrected chi connectivity index (χ0v) is 19.4. The maximum absolute atomic E-state index is 13.4. The Balaban J connectivity index is 1.86. The van der Waals surface area contributed by atoms with Gasteiger partial charge < -0.3 is 15.0 Å². The molecule has 6 atom stereocenters. The predicted molar refractivity (Wildman–Crippen MR) is 115 cm³/mol. The number of hydrogen-bond acceptors (Lipinski definition) is 4. The fourth-order valence-corrected chi connectivity index (χ4v) is 6.15. The molecule has 2 amide bonds. The molecule has 3 aliphatic rings. The van der Waals surface area contributed by atoms with Crippen LogP contribution in [0.25, 0.3) is 0 Å². The summed E-state index contributed by atoms with van der Waals surface area (Å²) in [7, 11) is 1.32. The summed E-state index contributed by atoms with van der Waals surface area (Å²) in [6.07, 6.45) is 7.51. The van der Waals surface area contributed by atoms with Crippen LogP contribution in [0.3, 0.4) is 0 Å². The van der Waals surface area contributed by atoms with Crippen LogP contribution in [0.15, 0.2) is 11.6 Å². The van der Waals surface area contributed by atoms with E-state index in [1.54, 1.807) is 6.92 Å². The van der Waals surface area contributed by atoms with E-state index in [4.69, 9.17) is 4.74 Å². The summed E-state index contributed by atoms with van der Waals surface area (Å²) < 4.78 is 4.87. The highest BCUT2D eigenvalue weighted by Crippen LogP contribution is 2.53. The van der Waals surface area contributed by atoms with E-state index in [1.165, 1.54) is 24.0 Å². The largest absolute Gasteiger partial charge is 0.467 e. The highest BCUT2D eigenvalue weighted by Gasteiger charge is 2.52. The number of carbonyl (C=O) groups is 3. The van der Waals surface area contributed by atoms with E-state index < -0.39 is 18.1 Å². The first-order chi connectivity index (χ1) is 14.1. The molecule has 1 aliphatic heterocycles. The number of allylic oxidation sites excluding steroid dienone is 1. The topological polar surface area (TPSA) is 75.7 Å². The number of ether oxygens (including phenoxy) is 1. The molecule has 30 heavy (non-hydrogen) atoms. The van der Waals surface area contributed by atoms with Crippen molar-refractivity contribution in [1.29, 1.82) is 0 Å². The van der Waals surface area contributed by atoms with Gasteiger partial charge in [0.1, 0.15) is 12.1 Å². The van der Waals surface area contributed by atoms with E-state index in [0.29, 0.717) is 24.2 Å². The van der Waals surface area contributed by atoms with Crippen LogP contribution in [0.5, 0.6) is 0 Å². The molecular weight excluding hydrogens is 380 g/mol. The molecule has 3 rings (SSSR count). The SMILES string of the molecule is COC(=O)C1CCC(=O)N1C(C)C(=O)N[C@@H]1[C@H](C(C)C)CC[C@@H](C)[C@@]12C=C(C)CC2. The number of esters is 1. The first-order valence-electron chi connectivity index (χ1n) is 11.5. The zero-order valence-electron chi connectivity index (χ0n) is 19.4. The van der Waals surface area contributed by atoms with Crippen molar-refractivity contribution in [3.63, 3.8) is 0 Å². The number of likely N-dealkylation sites (tertiary alicyclic amines) is 1. The molecule has 2 aliphatic carbocycles. The predicted octanol–water partition coefficient (Wildman–Crippen LogP) is 3.45. The van der Waals surface area contributed by atoms with Crippen LogP contribution < -0.4 is 5.32 Å². The Morgan fingerprint density at radius 3 is 2.47 bits per heavy atom. The van der Waals surface area contributed by atoms with Crippen LogP contribution in [0.2, 0.25) is 0 Å². The number of nitrogens with one attached hydrogen (secondary N) is 1. The van der Waals surface area contributed by atoms with Crippen molar-refractivity contribution in [2.75, 3.05) is 7.11 Å². The lowest BCUT2D eigenvalue weighted by molar-refractivity contribution is -0.152. The Morgan fingerprint density at radius 2 is 1.90 bits per heavy atom. The molecular formula is C24H38N2O4. The first kappa shape index (κ1) is 22.8. The van der Waals surface area contributed by atoms with Gasteiger partial charge in [-0.25, -0.2) is 4.79 Å². The van der Waals surface area contributed by atoms with Gasteiger partial charge in [-0.3, -0.25) is 9.59 Å². The van der Waals surface area contributed by atoms with Gasteiger partial charge in [-0.1, -0.05) is 32.4 Å². The number of amides is 2. The normalized spacial score (nSPS) is 35.0. The third-order valence-electron chi connectivity index (χ3n) is 8.00. The minimum atomic E-state index is -0.697. The second kappa shape index (κ2) is 8.72. The number of methoxy groups -OCH3 is 1. The Morgan fingerprint density at radius 1 is 1.20 bits per heavy atom. The van der Waals surface area contributed by atoms with Crippen LogP contribution in [-0.2, 0) is 19.1 Å². The summed E-state index contributed by atoms with van der Waals surface area (Å²) in [6, 6.07) is -1.32. The van der Waals surface area contributed by atoms with Crippen LogP contribution in [0, 0.1) is 23.2 Å². The lowest BCUT2D eigenvalue weighted by atomic mass is 9.58. The zero-order chi connectivity index (χ0) is 22.2. The van der Waals surface area contributed by atoms with Gasteiger partial charge in [0.15, 0.2) is 0 Å². The van der Waals surface area contributed by atoms with Gasteiger partial charge in [-0.15, -0.1) is 0 Å². The summed E-state index contributed by atoms with van der Waals surface area (Å²) in [6.45, 7) is 10.7. The van der Waals surface area contributed by atoms with E-state index >= 15 is 0 Å². The van der Waals surface area contributed by atoms with Crippen molar-refractivity contribution in [3.05, 3.63) is 11.6 Å². The molecule has 0 aromatic carbocycles. The van der Waals surface area contributed by atoms with Crippen LogP contribution in [0.1, 0.15) is 73.1 Å². The summed E-state index contributed by atoms with van der Waals surface area (Å²) >= 11 is 0. The van der Waals surface area contributed by atoms with Crippen LogP contribution in [-0.4, -0.2) is 47.9 Å². The number of nitrogens with zero attached hydrogens (tertiary/aromatic N) is 1. The Labute approximate surface area is 180 Å². The molecule has 2 fully saturated rings. The molecule has 0 aromatic heterocycles. The Hall–Kier alpha value is -1.85. The molecule has 1 saturated heterocycles. The maximum Gasteiger partial charge on any atom is 0.328 e. The van der Waals surface area contributed by atoms with Gasteiger partial charge >= 0.3 is 5.97 Å². The average molecular weight is 419 g/mol. The highest BCUT2D eigenvalue weighted by molar-refractivity contribution is 5.93. The van der Waals surface area contributed by atoms with Crippen molar-refractivity contribution in [2.45, 2.75) is 91.3 Å². The second-order valence-corrected chi connectivity index (χ2v) is 10.0. The van der Waals surface area contributed by atoms with Crippen LogP contribution in [0.4, 0.5) is 0 Å². The fourth-order valence-electron chi connectivity index (χ4n) is 6.15. The van der Waals surface area contributed by atoms with Crippen molar-refractivity contribution in [2.24, 2.45) is 23.2 Å². The molecule has 1 N–H and O–H groups in total. The van der Waals surface area contributed by atoms with Crippen molar-refractivity contribution < 1.29 is 19.1 Å². The molecule has 1 heterocycles. The summed E-state index contributed by atoms with van der Waals surface area (Å²) in [5.74, 6) is 0.586. The van der Waals surface area contributed by atoms with E-state index in [2.05, 4.69) is 39.1 Å². The van der Waals surface area contributed by atoms with E-state index in [9.17, 15) is 14.4 Å². The van der Waals surface area contributed by atoms with Gasteiger partial charge in [0.05, 0.1) is 7.11 Å². The smallest absolute Gasteiger partial charge is 0.328 e. The fraction of sp³-hybridized carbons (Fsp3) is 0.792. The van der Waals surface area contributed by atoms with Gasteiger partial charge in [0, 0.05) is 17.9 Å². The number of carbonyl (C=O) groups excluding carboxylic acids is 3. The van der Waals surface area contributed by atoms with Gasteiger partial charge in [-0.2, -0.15) is 0 Å². The van der Waals surface area contributed by atoms with E-state index in [0.717, 1.165) is 19.3 Å². The quantitative estimate of drug-likeness (QED) is 0.548. The van der Waals surface area contributed by atoms with Crippen molar-refractivity contribution in [1.82, 2.24) is 10.2 Å². The third-order valence-corrected chi connectivity index (χ3v) is 8.00. The van der Waals surface area contributed by atoms with Gasteiger partial charge in [0.25, 0.3) is 0 Å². The highest BCUT2D eigenvalue weighted by atomic mass is 16.5. The first-order valence-corrected chi connectivity index (χ1v) is 11.5. The molecule has 0 radical (unpaired) electrons. The third kappa shape index (κ3) is 3.90. The van der Waals surface area contributed by atoms with Crippen LogP contribution >= 0.6 is 0 Å². The molecule has 0 aromatic rings. The summed E-state index contributed by atoms with van der Waals surface area (Å²) in [4.78, 5) is 39.5. The molecule has 6 heteroatoms. The molecule has 168 valence electrons. The van der Waals surface area contributed by atoms with Gasteiger partial charge in [0.2, 0.25) is 11.8 Å². The van der Waals surface area contributed by atoms with E-state index in [-0.39, 0.29) is 29.7 Å². The second-order valence-electron chi connectivity index (χ2n) is 10.0. The molecule has 0 bridgehead atoms. The number of hydrogen-bond donors (Lipinski definition) is 1. The summed E-state index contributed by atoms with van der Waals surface area (Å²) in [5.41, 5.74) is 1.38. The average Bonchev–Trinajstić information content (AvgIpc) is 3.28. The molecule has 6 nitrogen and oxygen atoms in total. The minimum Gasteiger partial charge on any atom is -0.467 e. The summed E-state index contributed by atoms with van der Waals surface area (Å²) in [5, 5.41) is 3.38. The lowest BCUT2D eigenvalue weighted by Crippen LogP contribution is -2.60. The van der Waals surface area contributed by atoms with E-state index in [1.807, 2.05) is 0 Å². The minimum absolute atomic E-state index is 0.0244. The monoisotopic (exact) mass is 418 g/mol. The molecule has 1 spiro atoms. The van der Waals surface area contributed by atoms with Gasteiger partial charge in [-0.05, 0) is 63.7 Å². The lowest BCUT2D eigenvalue weighted by Gasteiger charge is -2.51. The standard InChI is InChI=1S/C24H38N2O4/c1-14(2)18-8-7-16(4)24(12-11-15(3)13-24)21(18)25-22(28)17(5)26-19(23(29)30-6)9-10-20(26)27/h13-14,16-19,21H,7-12H2,1-6H3,(H,25,28)/t16-,17?,18+,19?,21-,24-/m1/s1. The Kier molecular flexibility index (Phi) is 6.63. The van der Waals surface area contributed by atoms with Crippen molar-refractivity contribution in [3.8, 4) is 0 Å². The Bertz CT molecular complexity index is 731. The molecule has 1 saturated carbocycles. The van der Waals surface area contributed by atoms with Crippen molar-refractivity contribution >= 4 is 17.8 Å². The molecule has 2 unspecified atom stereocenters. The maximum atomic E-state index is 13.4. The number of rotatable bonds is 5.